The molecule has 0 nitrogen and oxygen atoms in total. The first-order valence-electron chi connectivity index (χ1n) is 4.92. The summed E-state index contributed by atoms with van der Waals surface area (Å²) in [5.74, 6) is 0. The van der Waals surface area contributed by atoms with Gasteiger partial charge in [0.25, 0.3) is 0 Å². The van der Waals surface area contributed by atoms with Crippen molar-refractivity contribution in [2.24, 2.45) is 5.41 Å². The van der Waals surface area contributed by atoms with Gasteiger partial charge in [-0.3, -0.25) is 0 Å². The molecule has 0 aliphatic heterocycles. The van der Waals surface area contributed by atoms with Crippen molar-refractivity contribution in [1.29, 1.82) is 0 Å². The summed E-state index contributed by atoms with van der Waals surface area (Å²) in [5, 5.41) is 0. The Labute approximate surface area is 71.7 Å². The Kier molecular flexibility index (Phi) is 5.27. The monoisotopic (exact) mass is 154 g/mol. The third-order valence-corrected chi connectivity index (χ3v) is 2.82. The zero-order valence-corrected chi connectivity index (χ0v) is 8.48. The molecule has 0 heteroatoms. The van der Waals surface area contributed by atoms with Gasteiger partial charge in [-0.25, -0.2) is 0 Å². The van der Waals surface area contributed by atoms with Gasteiger partial charge in [0.05, 0.1) is 0 Å². The normalized spacial score (nSPS) is 12.7. The van der Waals surface area contributed by atoms with Crippen molar-refractivity contribution in [2.45, 2.75) is 53.4 Å². The summed E-state index contributed by atoms with van der Waals surface area (Å²) < 4.78 is 0. The maximum absolute atomic E-state index is 2.41. The van der Waals surface area contributed by atoms with Gasteiger partial charge in [-0.05, 0) is 31.1 Å². The zero-order chi connectivity index (χ0) is 8.74. The molecule has 0 aliphatic carbocycles. The third kappa shape index (κ3) is 3.09. The smallest absolute Gasteiger partial charge is 0.0126 e. The SMILES string of the molecule is CCC=CC(CC)(CC)CC. The fraction of sp³-hybridized carbons (Fsp3) is 0.818. The Morgan fingerprint density at radius 2 is 1.36 bits per heavy atom. The summed E-state index contributed by atoms with van der Waals surface area (Å²) in [5.41, 5.74) is 0.496. The molecule has 0 N–H and O–H groups in total. The second-order valence-electron chi connectivity index (χ2n) is 3.23. The standard InChI is InChI=1S/C11H22/c1-5-9-10-11(6-2,7-3)8-4/h9-10H,5-8H2,1-4H3. The molecule has 66 valence electrons. The van der Waals surface area contributed by atoms with Gasteiger partial charge in [-0.15, -0.1) is 0 Å². The van der Waals surface area contributed by atoms with Gasteiger partial charge < -0.3 is 0 Å². The van der Waals surface area contributed by atoms with Crippen LogP contribution in [-0.2, 0) is 0 Å². The molecular formula is C11H22. The van der Waals surface area contributed by atoms with Crippen LogP contribution in [-0.4, -0.2) is 0 Å². The van der Waals surface area contributed by atoms with Gasteiger partial charge in [0.2, 0.25) is 0 Å². The van der Waals surface area contributed by atoms with Crippen molar-refractivity contribution < 1.29 is 0 Å². The van der Waals surface area contributed by atoms with Gasteiger partial charge >= 0.3 is 0 Å². The predicted molar refractivity (Wildman–Crippen MR) is 52.7 cm³/mol. The second-order valence-corrected chi connectivity index (χ2v) is 3.23. The number of hydrogen-bond acceptors (Lipinski definition) is 0. The molecule has 0 bridgehead atoms. The maximum atomic E-state index is 2.41. The Balaban J connectivity index is 4.16. The Morgan fingerprint density at radius 1 is 0.909 bits per heavy atom. The molecule has 0 amide bonds. The van der Waals surface area contributed by atoms with Gasteiger partial charge in [0.15, 0.2) is 0 Å². The summed E-state index contributed by atoms with van der Waals surface area (Å²) in [6.45, 7) is 9.05. The predicted octanol–water partition coefficient (Wildman–Crippen LogP) is 4.17. The Hall–Kier alpha value is -0.260. The molecule has 0 radical (unpaired) electrons. The van der Waals surface area contributed by atoms with Crippen LogP contribution in [0.3, 0.4) is 0 Å². The minimum Gasteiger partial charge on any atom is -0.0883 e. The van der Waals surface area contributed by atoms with Crippen LogP contribution in [0.4, 0.5) is 0 Å². The van der Waals surface area contributed by atoms with Crippen LogP contribution >= 0.6 is 0 Å². The molecule has 0 aromatic carbocycles. The average Bonchev–Trinajstić information content (AvgIpc) is 2.08. The lowest BCUT2D eigenvalue weighted by atomic mass is 9.79. The lowest BCUT2D eigenvalue weighted by Crippen LogP contribution is -2.13. The molecule has 0 saturated heterocycles. The van der Waals surface area contributed by atoms with E-state index in [2.05, 4.69) is 39.8 Å². The lowest BCUT2D eigenvalue weighted by Gasteiger charge is -2.26. The Morgan fingerprint density at radius 3 is 1.64 bits per heavy atom. The minimum absolute atomic E-state index is 0.496. The van der Waals surface area contributed by atoms with Crippen molar-refractivity contribution in [3.05, 3.63) is 12.2 Å². The highest BCUT2D eigenvalue weighted by molar-refractivity contribution is 4.97. The summed E-state index contributed by atoms with van der Waals surface area (Å²) in [7, 11) is 0. The zero-order valence-electron chi connectivity index (χ0n) is 8.48. The second kappa shape index (κ2) is 5.40. The summed E-state index contributed by atoms with van der Waals surface area (Å²) in [4.78, 5) is 0. The van der Waals surface area contributed by atoms with E-state index >= 15 is 0 Å². The van der Waals surface area contributed by atoms with Crippen LogP contribution in [0.25, 0.3) is 0 Å². The number of hydrogen-bond donors (Lipinski definition) is 0. The molecule has 0 unspecified atom stereocenters. The fourth-order valence-electron chi connectivity index (χ4n) is 1.47. The first-order chi connectivity index (χ1) is 5.24. The van der Waals surface area contributed by atoms with Crippen LogP contribution < -0.4 is 0 Å². The first-order valence-corrected chi connectivity index (χ1v) is 4.92. The van der Waals surface area contributed by atoms with E-state index in [1.54, 1.807) is 0 Å². The molecule has 0 spiro atoms. The minimum atomic E-state index is 0.496. The van der Waals surface area contributed by atoms with Gasteiger partial charge in [-0.2, -0.15) is 0 Å². The van der Waals surface area contributed by atoms with Crippen molar-refractivity contribution in [2.75, 3.05) is 0 Å². The van der Waals surface area contributed by atoms with Crippen molar-refractivity contribution in [3.8, 4) is 0 Å². The maximum Gasteiger partial charge on any atom is -0.0126 e. The van der Waals surface area contributed by atoms with E-state index < -0.39 is 0 Å². The lowest BCUT2D eigenvalue weighted by molar-refractivity contribution is 0.338. The molecule has 0 rings (SSSR count). The molecule has 0 atom stereocenters. The van der Waals surface area contributed by atoms with Gasteiger partial charge in [0.1, 0.15) is 0 Å². The molecule has 11 heavy (non-hydrogen) atoms. The highest BCUT2D eigenvalue weighted by Gasteiger charge is 2.18. The van der Waals surface area contributed by atoms with E-state index in [9.17, 15) is 0 Å². The molecule has 0 heterocycles. The molecule has 0 aromatic heterocycles. The summed E-state index contributed by atoms with van der Waals surface area (Å²) >= 11 is 0. The van der Waals surface area contributed by atoms with E-state index in [0.717, 1.165) is 0 Å². The molecule has 0 aromatic rings. The van der Waals surface area contributed by atoms with Crippen LogP contribution in [0, 0.1) is 5.41 Å². The largest absolute Gasteiger partial charge is 0.0883 e. The van der Waals surface area contributed by atoms with Crippen LogP contribution in [0.2, 0.25) is 0 Å². The third-order valence-electron chi connectivity index (χ3n) is 2.82. The van der Waals surface area contributed by atoms with E-state index in [1.807, 2.05) is 0 Å². The van der Waals surface area contributed by atoms with E-state index in [-0.39, 0.29) is 0 Å². The van der Waals surface area contributed by atoms with Gasteiger partial charge in [0, 0.05) is 0 Å². The Bertz CT molecular complexity index is 98.9. The van der Waals surface area contributed by atoms with Crippen molar-refractivity contribution >= 4 is 0 Å². The van der Waals surface area contributed by atoms with Crippen LogP contribution in [0.1, 0.15) is 53.4 Å². The first kappa shape index (κ1) is 10.7. The van der Waals surface area contributed by atoms with E-state index in [0.29, 0.717) is 5.41 Å². The molecule has 0 aliphatic rings. The van der Waals surface area contributed by atoms with Crippen LogP contribution in [0.15, 0.2) is 12.2 Å². The topological polar surface area (TPSA) is 0 Å². The highest BCUT2D eigenvalue weighted by atomic mass is 14.2. The molecule has 0 fully saturated rings. The highest BCUT2D eigenvalue weighted by Crippen LogP contribution is 2.31. The molecular weight excluding hydrogens is 132 g/mol. The average molecular weight is 154 g/mol. The van der Waals surface area contributed by atoms with Crippen LogP contribution in [0.5, 0.6) is 0 Å². The molecule has 0 saturated carbocycles. The van der Waals surface area contributed by atoms with Crippen molar-refractivity contribution in [1.82, 2.24) is 0 Å². The summed E-state index contributed by atoms with van der Waals surface area (Å²) in [6.07, 6.45) is 9.70. The quantitative estimate of drug-likeness (QED) is 0.521. The number of rotatable bonds is 5. The summed E-state index contributed by atoms with van der Waals surface area (Å²) in [6, 6.07) is 0. The fourth-order valence-corrected chi connectivity index (χ4v) is 1.47. The number of allylic oxidation sites excluding steroid dienone is 2. The van der Waals surface area contributed by atoms with Gasteiger partial charge in [-0.1, -0.05) is 39.8 Å². The van der Waals surface area contributed by atoms with E-state index in [1.165, 1.54) is 25.7 Å². The van der Waals surface area contributed by atoms with E-state index in [4.69, 9.17) is 0 Å². The van der Waals surface area contributed by atoms with Crippen molar-refractivity contribution in [3.63, 3.8) is 0 Å².